The Bertz CT molecular complexity index is 747. The second kappa shape index (κ2) is 11.4. The van der Waals surface area contributed by atoms with Crippen LogP contribution in [0.2, 0.25) is 0 Å². The molecule has 0 N–H and O–H groups in total. The van der Waals surface area contributed by atoms with Gasteiger partial charge in [0.15, 0.2) is 0 Å². The van der Waals surface area contributed by atoms with E-state index in [1.165, 1.54) is 22.5 Å². The molecule has 3 nitrogen and oxygen atoms in total. The summed E-state index contributed by atoms with van der Waals surface area (Å²) in [5.74, 6) is 0. The Morgan fingerprint density at radius 3 is 1.82 bits per heavy atom. The van der Waals surface area contributed by atoms with Crippen LogP contribution in [0.3, 0.4) is 0 Å². The van der Waals surface area contributed by atoms with Gasteiger partial charge in [0.1, 0.15) is 6.10 Å². The van der Waals surface area contributed by atoms with Crippen molar-refractivity contribution in [3.8, 4) is 0 Å². The Labute approximate surface area is 170 Å². The summed E-state index contributed by atoms with van der Waals surface area (Å²) < 4.78 is 5.92. The van der Waals surface area contributed by atoms with Gasteiger partial charge in [0.25, 0.3) is 0 Å². The largest absolute Gasteiger partial charge is 0.375 e. The summed E-state index contributed by atoms with van der Waals surface area (Å²) in [7, 11) is 4.21. The number of allylic oxidation sites excluding steroid dienone is 2. The van der Waals surface area contributed by atoms with E-state index >= 15 is 0 Å². The van der Waals surface area contributed by atoms with E-state index in [1.807, 2.05) is 6.92 Å². The van der Waals surface area contributed by atoms with Crippen LogP contribution in [-0.2, 0) is 4.74 Å². The van der Waals surface area contributed by atoms with Gasteiger partial charge in [0.2, 0.25) is 0 Å². The summed E-state index contributed by atoms with van der Waals surface area (Å²) >= 11 is 0. The number of ether oxygens (including phenoxy) is 1. The third-order valence-electron chi connectivity index (χ3n) is 4.98. The minimum atomic E-state index is -0.0313. The Balaban J connectivity index is 2.03. The van der Waals surface area contributed by atoms with Gasteiger partial charge in [0, 0.05) is 45.2 Å². The van der Waals surface area contributed by atoms with Crippen molar-refractivity contribution < 1.29 is 4.74 Å². The molecule has 0 bridgehead atoms. The molecule has 150 valence electrons. The van der Waals surface area contributed by atoms with Crippen molar-refractivity contribution in [3.63, 3.8) is 0 Å². The lowest BCUT2D eigenvalue weighted by Gasteiger charge is -2.18. The SMILES string of the molecule is CCOC(C=CC=Cc1ccc(N(C)CC)cc1)c1ccc(N(C)CC)cc1. The van der Waals surface area contributed by atoms with Gasteiger partial charge in [-0.15, -0.1) is 0 Å². The smallest absolute Gasteiger partial charge is 0.101 e. The van der Waals surface area contributed by atoms with Gasteiger partial charge in [-0.3, -0.25) is 0 Å². The van der Waals surface area contributed by atoms with Gasteiger partial charge in [-0.25, -0.2) is 0 Å². The molecule has 0 radical (unpaired) electrons. The zero-order valence-electron chi connectivity index (χ0n) is 17.9. The van der Waals surface area contributed by atoms with Gasteiger partial charge in [0.05, 0.1) is 0 Å². The fourth-order valence-electron chi connectivity index (χ4n) is 2.90. The van der Waals surface area contributed by atoms with E-state index in [9.17, 15) is 0 Å². The van der Waals surface area contributed by atoms with Crippen LogP contribution in [-0.4, -0.2) is 33.8 Å². The zero-order chi connectivity index (χ0) is 20.4. The molecule has 0 aromatic heterocycles. The first kappa shape index (κ1) is 21.8. The third kappa shape index (κ3) is 6.28. The maximum absolute atomic E-state index is 5.92. The number of benzene rings is 2. The average molecular weight is 379 g/mol. The molecule has 0 amide bonds. The zero-order valence-corrected chi connectivity index (χ0v) is 17.9. The van der Waals surface area contributed by atoms with Crippen molar-refractivity contribution in [2.75, 3.05) is 43.6 Å². The molecule has 0 aliphatic rings. The monoisotopic (exact) mass is 378 g/mol. The highest BCUT2D eigenvalue weighted by Crippen LogP contribution is 2.22. The van der Waals surface area contributed by atoms with Gasteiger partial charge in [-0.05, 0) is 56.2 Å². The molecule has 0 spiro atoms. The second-order valence-corrected chi connectivity index (χ2v) is 6.83. The lowest BCUT2D eigenvalue weighted by atomic mass is 10.1. The minimum Gasteiger partial charge on any atom is -0.375 e. The van der Waals surface area contributed by atoms with Crippen LogP contribution >= 0.6 is 0 Å². The Morgan fingerprint density at radius 1 is 0.786 bits per heavy atom. The van der Waals surface area contributed by atoms with Crippen LogP contribution in [0.5, 0.6) is 0 Å². The number of hydrogen-bond acceptors (Lipinski definition) is 3. The molecule has 0 fully saturated rings. The van der Waals surface area contributed by atoms with E-state index < -0.39 is 0 Å². The van der Waals surface area contributed by atoms with Crippen LogP contribution in [0.1, 0.15) is 38.0 Å². The first-order valence-electron chi connectivity index (χ1n) is 10.2. The van der Waals surface area contributed by atoms with Crippen molar-refractivity contribution >= 4 is 17.5 Å². The van der Waals surface area contributed by atoms with Crippen LogP contribution in [0.15, 0.2) is 66.8 Å². The van der Waals surface area contributed by atoms with Crippen molar-refractivity contribution in [1.82, 2.24) is 0 Å². The maximum atomic E-state index is 5.92. The third-order valence-corrected chi connectivity index (χ3v) is 4.98. The van der Waals surface area contributed by atoms with E-state index in [2.05, 4.69) is 111 Å². The predicted molar refractivity (Wildman–Crippen MR) is 123 cm³/mol. The number of hydrogen-bond donors (Lipinski definition) is 0. The molecular weight excluding hydrogens is 344 g/mol. The van der Waals surface area contributed by atoms with E-state index in [1.54, 1.807) is 0 Å². The second-order valence-electron chi connectivity index (χ2n) is 6.83. The molecule has 28 heavy (non-hydrogen) atoms. The van der Waals surface area contributed by atoms with Gasteiger partial charge in [-0.2, -0.15) is 0 Å². The van der Waals surface area contributed by atoms with Gasteiger partial charge < -0.3 is 14.5 Å². The molecule has 1 atom stereocenters. The summed E-state index contributed by atoms with van der Waals surface area (Å²) in [5, 5.41) is 0. The van der Waals surface area contributed by atoms with Crippen molar-refractivity contribution in [2.24, 2.45) is 0 Å². The van der Waals surface area contributed by atoms with Gasteiger partial charge in [-0.1, -0.05) is 48.6 Å². The minimum absolute atomic E-state index is 0.0313. The molecule has 2 rings (SSSR count). The van der Waals surface area contributed by atoms with Crippen molar-refractivity contribution in [3.05, 3.63) is 77.9 Å². The number of anilines is 2. The summed E-state index contributed by atoms with van der Waals surface area (Å²) in [6, 6.07) is 17.2. The molecule has 1 unspecified atom stereocenters. The quantitative estimate of drug-likeness (QED) is 0.475. The average Bonchev–Trinajstić information content (AvgIpc) is 2.75. The van der Waals surface area contributed by atoms with Crippen LogP contribution < -0.4 is 9.80 Å². The fourth-order valence-corrected chi connectivity index (χ4v) is 2.90. The summed E-state index contributed by atoms with van der Waals surface area (Å²) in [6.07, 6.45) is 8.34. The van der Waals surface area contributed by atoms with Crippen molar-refractivity contribution in [1.29, 1.82) is 0 Å². The molecule has 0 aliphatic carbocycles. The first-order chi connectivity index (χ1) is 13.6. The van der Waals surface area contributed by atoms with E-state index in [-0.39, 0.29) is 6.10 Å². The van der Waals surface area contributed by atoms with Gasteiger partial charge >= 0.3 is 0 Å². The molecule has 2 aromatic rings. The standard InChI is InChI=1S/C25H34N2O/c1-6-26(4)23-17-13-21(14-18-23)11-9-10-12-25(28-8-3)22-15-19-24(20-16-22)27(5)7-2/h9-20,25H,6-8H2,1-5H3. The molecule has 0 saturated heterocycles. The Hall–Kier alpha value is -2.52. The molecule has 0 saturated carbocycles. The normalized spacial score (nSPS) is 12.6. The molecule has 3 heteroatoms. The van der Waals surface area contributed by atoms with Crippen LogP contribution in [0.4, 0.5) is 11.4 Å². The highest BCUT2D eigenvalue weighted by Gasteiger charge is 2.08. The predicted octanol–water partition coefficient (Wildman–Crippen LogP) is 5.95. The van der Waals surface area contributed by atoms with E-state index in [0.29, 0.717) is 6.61 Å². The van der Waals surface area contributed by atoms with Crippen LogP contribution in [0.25, 0.3) is 6.08 Å². The Kier molecular flexibility index (Phi) is 8.83. The number of nitrogens with zero attached hydrogens (tertiary/aromatic N) is 2. The summed E-state index contributed by atoms with van der Waals surface area (Å²) in [4.78, 5) is 4.45. The summed E-state index contributed by atoms with van der Waals surface area (Å²) in [5.41, 5.74) is 4.83. The number of rotatable bonds is 10. The Morgan fingerprint density at radius 2 is 1.32 bits per heavy atom. The van der Waals surface area contributed by atoms with Crippen LogP contribution in [0, 0.1) is 0 Å². The molecule has 0 aliphatic heterocycles. The lowest BCUT2D eigenvalue weighted by Crippen LogP contribution is -2.15. The van der Waals surface area contributed by atoms with E-state index in [0.717, 1.165) is 13.1 Å². The molecular formula is C25H34N2O. The highest BCUT2D eigenvalue weighted by atomic mass is 16.5. The fraction of sp³-hybridized carbons (Fsp3) is 0.360. The first-order valence-corrected chi connectivity index (χ1v) is 10.2. The topological polar surface area (TPSA) is 15.7 Å². The summed E-state index contributed by atoms with van der Waals surface area (Å²) in [6.45, 7) is 9.03. The molecule has 0 heterocycles. The maximum Gasteiger partial charge on any atom is 0.101 e. The lowest BCUT2D eigenvalue weighted by molar-refractivity contribution is 0.0968. The highest BCUT2D eigenvalue weighted by molar-refractivity contribution is 5.56. The van der Waals surface area contributed by atoms with E-state index in [4.69, 9.17) is 4.74 Å². The molecule has 2 aromatic carbocycles. The van der Waals surface area contributed by atoms with Crippen molar-refractivity contribution in [2.45, 2.75) is 26.9 Å².